The lowest BCUT2D eigenvalue weighted by Crippen LogP contribution is -2.45. The van der Waals surface area contributed by atoms with Gasteiger partial charge in [0.25, 0.3) is 0 Å². The van der Waals surface area contributed by atoms with E-state index in [0.29, 0.717) is 18.5 Å². The van der Waals surface area contributed by atoms with Crippen molar-refractivity contribution in [2.45, 2.75) is 76.7 Å². The van der Waals surface area contributed by atoms with E-state index < -0.39 is 5.60 Å². The summed E-state index contributed by atoms with van der Waals surface area (Å²) in [7, 11) is 0. The van der Waals surface area contributed by atoms with Crippen molar-refractivity contribution in [3.8, 4) is 0 Å². The van der Waals surface area contributed by atoms with Gasteiger partial charge in [0.2, 0.25) is 0 Å². The molecule has 0 amide bonds. The normalized spacial score (nSPS) is 32.6. The molecular formula is C14H25NO3. The molecule has 4 nitrogen and oxygen atoms in total. The second-order valence-electron chi connectivity index (χ2n) is 6.58. The summed E-state index contributed by atoms with van der Waals surface area (Å²) in [6.45, 7) is 6.46. The van der Waals surface area contributed by atoms with Crippen molar-refractivity contribution < 1.29 is 14.6 Å². The first-order chi connectivity index (χ1) is 8.35. The average Bonchev–Trinajstić information content (AvgIpc) is 2.44. The van der Waals surface area contributed by atoms with Crippen LogP contribution in [0.3, 0.4) is 0 Å². The Kier molecular flexibility index (Phi) is 3.97. The van der Waals surface area contributed by atoms with E-state index in [1.54, 1.807) is 0 Å². The van der Waals surface area contributed by atoms with E-state index in [-0.39, 0.29) is 12.1 Å². The molecule has 0 aromatic rings. The van der Waals surface area contributed by atoms with Crippen molar-refractivity contribution in [3.05, 3.63) is 0 Å². The predicted molar refractivity (Wildman–Crippen MR) is 69.2 cm³/mol. The average molecular weight is 255 g/mol. The third-order valence-electron chi connectivity index (χ3n) is 3.85. The number of aliphatic hydroxyl groups excluding tert-OH is 1. The number of rotatable bonds is 3. The monoisotopic (exact) mass is 255 g/mol. The molecule has 0 aromatic carbocycles. The molecule has 2 bridgehead atoms. The van der Waals surface area contributed by atoms with Gasteiger partial charge in [-0.2, -0.15) is 0 Å². The van der Waals surface area contributed by atoms with E-state index in [4.69, 9.17) is 4.74 Å². The largest absolute Gasteiger partial charge is 0.460 e. The fourth-order valence-electron chi connectivity index (χ4n) is 3.22. The van der Waals surface area contributed by atoms with Crippen molar-refractivity contribution in [1.29, 1.82) is 0 Å². The van der Waals surface area contributed by atoms with E-state index in [0.717, 1.165) is 32.2 Å². The molecule has 2 saturated heterocycles. The van der Waals surface area contributed by atoms with Gasteiger partial charge in [-0.1, -0.05) is 0 Å². The van der Waals surface area contributed by atoms with E-state index in [1.807, 2.05) is 20.8 Å². The Morgan fingerprint density at radius 1 is 1.28 bits per heavy atom. The number of aliphatic hydroxyl groups is 1. The van der Waals surface area contributed by atoms with Gasteiger partial charge in [0, 0.05) is 18.6 Å². The molecule has 0 aromatic heterocycles. The number of piperidine rings is 1. The maximum absolute atomic E-state index is 11.7. The van der Waals surface area contributed by atoms with Crippen LogP contribution >= 0.6 is 0 Å². The molecule has 104 valence electrons. The fourth-order valence-corrected chi connectivity index (χ4v) is 3.22. The zero-order chi connectivity index (χ0) is 13.3. The van der Waals surface area contributed by atoms with Crippen molar-refractivity contribution >= 4 is 5.97 Å². The highest BCUT2D eigenvalue weighted by molar-refractivity contribution is 5.70. The van der Waals surface area contributed by atoms with Crippen LogP contribution in [0.1, 0.15) is 52.9 Å². The quantitative estimate of drug-likeness (QED) is 0.780. The van der Waals surface area contributed by atoms with Crippen LogP contribution in [0.2, 0.25) is 0 Å². The number of carbonyl (C=O) groups is 1. The van der Waals surface area contributed by atoms with Gasteiger partial charge in [-0.15, -0.1) is 0 Å². The zero-order valence-corrected chi connectivity index (χ0v) is 11.7. The summed E-state index contributed by atoms with van der Waals surface area (Å²) < 4.78 is 5.33. The molecule has 2 fully saturated rings. The molecule has 1 N–H and O–H groups in total. The predicted octanol–water partition coefficient (Wildman–Crippen LogP) is 1.71. The number of nitrogens with zero attached hydrogens (tertiary/aromatic N) is 1. The summed E-state index contributed by atoms with van der Waals surface area (Å²) in [6, 6.07) is 0.947. The molecule has 2 rings (SSSR count). The molecule has 0 radical (unpaired) electrons. The standard InChI is InChI=1S/C14H25NO3/c1-14(2,3)18-13(17)6-7-15-10-4-5-11(15)9-12(16)8-10/h10-12,16H,4-9H2,1-3H3. The lowest BCUT2D eigenvalue weighted by Gasteiger charge is -2.37. The van der Waals surface area contributed by atoms with Gasteiger partial charge in [-0.05, 0) is 46.5 Å². The first-order valence-corrected chi connectivity index (χ1v) is 7.01. The number of carbonyl (C=O) groups excluding carboxylic acids is 1. The molecule has 2 aliphatic rings. The van der Waals surface area contributed by atoms with Gasteiger partial charge in [0.1, 0.15) is 5.60 Å². The van der Waals surface area contributed by atoms with Gasteiger partial charge in [0.15, 0.2) is 0 Å². The third-order valence-corrected chi connectivity index (χ3v) is 3.85. The van der Waals surface area contributed by atoms with E-state index in [9.17, 15) is 9.90 Å². The summed E-state index contributed by atoms with van der Waals surface area (Å²) >= 11 is 0. The Labute approximate surface area is 109 Å². The maximum Gasteiger partial charge on any atom is 0.307 e. The van der Waals surface area contributed by atoms with Crippen LogP contribution in [0.15, 0.2) is 0 Å². The van der Waals surface area contributed by atoms with Crippen molar-refractivity contribution in [3.63, 3.8) is 0 Å². The minimum absolute atomic E-state index is 0.118. The molecule has 18 heavy (non-hydrogen) atoms. The maximum atomic E-state index is 11.7. The molecule has 0 spiro atoms. The Bertz CT molecular complexity index is 297. The first-order valence-electron chi connectivity index (χ1n) is 7.01. The van der Waals surface area contributed by atoms with Gasteiger partial charge in [-0.3, -0.25) is 9.69 Å². The van der Waals surface area contributed by atoms with Crippen LogP contribution in [0.5, 0.6) is 0 Å². The van der Waals surface area contributed by atoms with Gasteiger partial charge in [-0.25, -0.2) is 0 Å². The zero-order valence-electron chi connectivity index (χ0n) is 11.7. The van der Waals surface area contributed by atoms with Gasteiger partial charge < -0.3 is 9.84 Å². The summed E-state index contributed by atoms with van der Waals surface area (Å²) in [6.07, 6.45) is 4.38. The fraction of sp³-hybridized carbons (Fsp3) is 0.929. The second kappa shape index (κ2) is 5.17. The smallest absolute Gasteiger partial charge is 0.307 e. The molecule has 2 heterocycles. The Morgan fingerprint density at radius 2 is 1.83 bits per heavy atom. The van der Waals surface area contributed by atoms with E-state index in [1.165, 1.54) is 0 Å². The summed E-state index contributed by atoms with van der Waals surface area (Å²) in [4.78, 5) is 14.1. The number of fused-ring (bicyclic) bond motifs is 2. The molecule has 2 atom stereocenters. The highest BCUT2D eigenvalue weighted by Crippen LogP contribution is 2.35. The molecular weight excluding hydrogens is 230 g/mol. The van der Waals surface area contributed by atoms with Crippen molar-refractivity contribution in [2.24, 2.45) is 0 Å². The van der Waals surface area contributed by atoms with Gasteiger partial charge >= 0.3 is 5.97 Å². The molecule has 4 heteroatoms. The molecule has 2 unspecified atom stereocenters. The van der Waals surface area contributed by atoms with Crippen molar-refractivity contribution in [2.75, 3.05) is 6.54 Å². The van der Waals surface area contributed by atoms with Crippen molar-refractivity contribution in [1.82, 2.24) is 4.90 Å². The van der Waals surface area contributed by atoms with E-state index in [2.05, 4.69) is 4.90 Å². The molecule has 0 saturated carbocycles. The number of esters is 1. The number of ether oxygens (including phenoxy) is 1. The number of hydrogen-bond acceptors (Lipinski definition) is 4. The Balaban J connectivity index is 1.79. The SMILES string of the molecule is CC(C)(C)OC(=O)CCN1C2CCC1CC(O)C2. The Hall–Kier alpha value is -0.610. The minimum atomic E-state index is -0.395. The minimum Gasteiger partial charge on any atom is -0.460 e. The molecule has 0 aliphatic carbocycles. The van der Waals surface area contributed by atoms with Gasteiger partial charge in [0.05, 0.1) is 12.5 Å². The summed E-state index contributed by atoms with van der Waals surface area (Å²) in [5.74, 6) is -0.118. The van der Waals surface area contributed by atoms with Crippen LogP contribution < -0.4 is 0 Å². The summed E-state index contributed by atoms with van der Waals surface area (Å²) in [5.41, 5.74) is -0.395. The highest BCUT2D eigenvalue weighted by Gasteiger charge is 2.39. The van der Waals surface area contributed by atoms with E-state index >= 15 is 0 Å². The van der Waals surface area contributed by atoms with Crippen LogP contribution in [0.25, 0.3) is 0 Å². The first kappa shape index (κ1) is 13.8. The van der Waals surface area contributed by atoms with Crippen LogP contribution in [0, 0.1) is 0 Å². The molecule has 2 aliphatic heterocycles. The van der Waals surface area contributed by atoms with Crippen LogP contribution in [0.4, 0.5) is 0 Å². The number of hydrogen-bond donors (Lipinski definition) is 1. The van der Waals surface area contributed by atoms with Crippen LogP contribution in [-0.2, 0) is 9.53 Å². The highest BCUT2D eigenvalue weighted by atomic mass is 16.6. The van der Waals surface area contributed by atoms with Crippen LogP contribution in [-0.4, -0.2) is 46.3 Å². The topological polar surface area (TPSA) is 49.8 Å². The lowest BCUT2D eigenvalue weighted by molar-refractivity contribution is -0.155. The lowest BCUT2D eigenvalue weighted by atomic mass is 10.00. The summed E-state index contributed by atoms with van der Waals surface area (Å²) in [5, 5.41) is 9.72. The third kappa shape index (κ3) is 3.45. The Morgan fingerprint density at radius 3 is 2.33 bits per heavy atom. The second-order valence-corrected chi connectivity index (χ2v) is 6.58.